The number of aromatic nitrogens is 3. The lowest BCUT2D eigenvalue weighted by atomic mass is 9.83. The fraction of sp³-hybridized carbons (Fsp3) is 0.417. The fourth-order valence-electron chi connectivity index (χ4n) is 2.02. The molecule has 5 heteroatoms. The maximum Gasteiger partial charge on any atom is 0.271 e. The predicted molar refractivity (Wildman–Crippen MR) is 68.4 cm³/mol. The van der Waals surface area contributed by atoms with Crippen molar-refractivity contribution in [1.82, 2.24) is 14.9 Å². The molecule has 2 rings (SSSR count). The van der Waals surface area contributed by atoms with Gasteiger partial charge in [0.1, 0.15) is 5.52 Å². The van der Waals surface area contributed by atoms with Crippen LogP contribution in [0.1, 0.15) is 31.9 Å². The molecule has 0 spiro atoms. The Bertz CT molecular complexity index is 640. The van der Waals surface area contributed by atoms with Gasteiger partial charge in [0.25, 0.3) is 13.5 Å². The number of fused-ring (bicyclic) bond motifs is 1. The smallest absolute Gasteiger partial charge is 0.271 e. The van der Waals surface area contributed by atoms with Crippen molar-refractivity contribution in [3.63, 3.8) is 0 Å². The van der Waals surface area contributed by atoms with Gasteiger partial charge in [0, 0.05) is 0 Å². The van der Waals surface area contributed by atoms with Crippen LogP contribution in [0.25, 0.3) is 10.9 Å². The SMILES string of the molecule is [B]n1nnc2cc(C)c(C(C)(C)C)cc2c1=O. The van der Waals surface area contributed by atoms with Gasteiger partial charge in [-0.05, 0) is 35.6 Å². The molecule has 0 amide bonds. The Hall–Kier alpha value is -1.65. The first-order valence-electron chi connectivity index (χ1n) is 5.46. The topological polar surface area (TPSA) is 47.8 Å². The van der Waals surface area contributed by atoms with Gasteiger partial charge in [-0.15, -0.1) is 5.10 Å². The Morgan fingerprint density at radius 2 is 1.94 bits per heavy atom. The second-order valence-corrected chi connectivity index (χ2v) is 5.27. The average Bonchev–Trinajstić information content (AvgIpc) is 2.21. The molecular weight excluding hydrogens is 213 g/mol. The number of hydrogen-bond donors (Lipinski definition) is 0. The summed E-state index contributed by atoms with van der Waals surface area (Å²) in [7, 11) is 5.41. The average molecular weight is 227 g/mol. The summed E-state index contributed by atoms with van der Waals surface area (Å²) >= 11 is 0. The molecule has 1 aromatic carbocycles. The van der Waals surface area contributed by atoms with E-state index in [1.807, 2.05) is 19.1 Å². The highest BCUT2D eigenvalue weighted by molar-refractivity contribution is 6.06. The van der Waals surface area contributed by atoms with Gasteiger partial charge in [-0.3, -0.25) is 9.39 Å². The predicted octanol–water partition coefficient (Wildman–Crippen LogP) is 1.33. The molecule has 2 radical (unpaired) electrons. The van der Waals surface area contributed by atoms with E-state index in [1.165, 1.54) is 0 Å². The Kier molecular flexibility index (Phi) is 2.56. The van der Waals surface area contributed by atoms with E-state index in [1.54, 1.807) is 0 Å². The summed E-state index contributed by atoms with van der Waals surface area (Å²) in [4.78, 5) is 11.9. The number of aryl methyl sites for hydroxylation is 1. The van der Waals surface area contributed by atoms with Crippen molar-refractivity contribution < 1.29 is 0 Å². The normalized spacial score (nSPS) is 12.0. The first-order chi connectivity index (χ1) is 7.80. The lowest BCUT2D eigenvalue weighted by Crippen LogP contribution is -2.23. The van der Waals surface area contributed by atoms with Crippen LogP contribution in [0.2, 0.25) is 0 Å². The third-order valence-electron chi connectivity index (χ3n) is 2.84. The van der Waals surface area contributed by atoms with E-state index in [4.69, 9.17) is 7.98 Å². The van der Waals surface area contributed by atoms with E-state index in [9.17, 15) is 4.79 Å². The van der Waals surface area contributed by atoms with Crippen LogP contribution in [0.4, 0.5) is 0 Å². The molecule has 0 unspecified atom stereocenters. The Morgan fingerprint density at radius 3 is 2.53 bits per heavy atom. The van der Waals surface area contributed by atoms with Gasteiger partial charge < -0.3 is 0 Å². The number of nitrogens with zero attached hydrogens (tertiary/aromatic N) is 3. The Labute approximate surface area is 101 Å². The quantitative estimate of drug-likeness (QED) is 0.638. The molecule has 0 atom stereocenters. The van der Waals surface area contributed by atoms with Crippen LogP contribution in [0.3, 0.4) is 0 Å². The molecule has 0 aliphatic carbocycles. The molecule has 1 heterocycles. The van der Waals surface area contributed by atoms with E-state index in [-0.39, 0.29) is 11.0 Å². The van der Waals surface area contributed by atoms with Crippen molar-refractivity contribution in [1.29, 1.82) is 0 Å². The molecule has 0 aliphatic heterocycles. The molecule has 0 fully saturated rings. The molecule has 1 aromatic heterocycles. The second kappa shape index (κ2) is 3.69. The van der Waals surface area contributed by atoms with Crippen molar-refractivity contribution in [2.45, 2.75) is 33.1 Å². The minimum absolute atomic E-state index is 0.0204. The molecular formula is C12H14BN3O. The van der Waals surface area contributed by atoms with Gasteiger partial charge in [0.05, 0.1) is 5.39 Å². The summed E-state index contributed by atoms with van der Waals surface area (Å²) in [6.45, 7) is 8.33. The zero-order valence-electron chi connectivity index (χ0n) is 10.5. The van der Waals surface area contributed by atoms with Crippen LogP contribution in [0.15, 0.2) is 16.9 Å². The van der Waals surface area contributed by atoms with Crippen LogP contribution in [-0.2, 0) is 5.41 Å². The van der Waals surface area contributed by atoms with Gasteiger partial charge in [-0.25, -0.2) is 0 Å². The van der Waals surface area contributed by atoms with E-state index in [0.717, 1.165) is 15.7 Å². The van der Waals surface area contributed by atoms with Crippen LogP contribution in [0, 0.1) is 6.92 Å². The van der Waals surface area contributed by atoms with Crippen LogP contribution in [0.5, 0.6) is 0 Å². The maximum absolute atomic E-state index is 11.9. The zero-order valence-corrected chi connectivity index (χ0v) is 10.5. The van der Waals surface area contributed by atoms with Crippen molar-refractivity contribution in [2.75, 3.05) is 0 Å². The Balaban J connectivity index is 2.88. The molecule has 0 saturated carbocycles. The summed E-state index contributed by atoms with van der Waals surface area (Å²) < 4.78 is 0.768. The van der Waals surface area contributed by atoms with Crippen LogP contribution >= 0.6 is 0 Å². The Morgan fingerprint density at radius 1 is 1.29 bits per heavy atom. The van der Waals surface area contributed by atoms with Gasteiger partial charge >= 0.3 is 0 Å². The molecule has 17 heavy (non-hydrogen) atoms. The molecule has 4 nitrogen and oxygen atoms in total. The first kappa shape index (κ1) is 11.8. The standard InChI is InChI=1S/C12H14BN3O/c1-7-5-10-8(6-9(7)12(2,3)4)11(17)16(13)15-14-10/h5-6H,1-4H3. The molecule has 2 aromatic rings. The summed E-state index contributed by atoms with van der Waals surface area (Å²) in [5, 5.41) is 8.00. The molecule has 0 N–H and O–H groups in total. The number of rotatable bonds is 0. The third kappa shape index (κ3) is 1.97. The van der Waals surface area contributed by atoms with Crippen molar-refractivity contribution in [3.8, 4) is 0 Å². The summed E-state index contributed by atoms with van der Waals surface area (Å²) in [5.41, 5.74) is 2.47. The summed E-state index contributed by atoms with van der Waals surface area (Å²) in [6.07, 6.45) is 0. The van der Waals surface area contributed by atoms with Gasteiger partial charge in [0.2, 0.25) is 0 Å². The highest BCUT2D eigenvalue weighted by Crippen LogP contribution is 2.27. The van der Waals surface area contributed by atoms with Crippen molar-refractivity contribution >= 4 is 18.9 Å². The zero-order chi connectivity index (χ0) is 12.8. The molecule has 0 bridgehead atoms. The minimum atomic E-state index is -0.319. The maximum atomic E-state index is 11.9. The highest BCUT2D eigenvalue weighted by Gasteiger charge is 2.18. The van der Waals surface area contributed by atoms with E-state index < -0.39 is 0 Å². The van der Waals surface area contributed by atoms with E-state index >= 15 is 0 Å². The largest absolute Gasteiger partial charge is 0.273 e. The second-order valence-electron chi connectivity index (χ2n) is 5.27. The van der Waals surface area contributed by atoms with Gasteiger partial charge in [0.15, 0.2) is 0 Å². The number of benzene rings is 1. The number of hydrogen-bond acceptors (Lipinski definition) is 3. The first-order valence-corrected chi connectivity index (χ1v) is 5.46. The monoisotopic (exact) mass is 227 g/mol. The molecule has 0 saturated heterocycles. The fourth-order valence-corrected chi connectivity index (χ4v) is 2.02. The van der Waals surface area contributed by atoms with E-state index in [2.05, 4.69) is 31.1 Å². The lowest BCUT2D eigenvalue weighted by molar-refractivity contribution is 0.587. The highest BCUT2D eigenvalue weighted by atomic mass is 16.1. The third-order valence-corrected chi connectivity index (χ3v) is 2.84. The summed E-state index contributed by atoms with van der Waals surface area (Å²) in [6, 6.07) is 3.75. The van der Waals surface area contributed by atoms with Gasteiger partial charge in [-0.1, -0.05) is 26.0 Å². The molecule has 0 aliphatic rings. The lowest BCUT2D eigenvalue weighted by Gasteiger charge is -2.22. The molecule has 86 valence electrons. The van der Waals surface area contributed by atoms with Crippen molar-refractivity contribution in [2.24, 2.45) is 0 Å². The van der Waals surface area contributed by atoms with Crippen molar-refractivity contribution in [3.05, 3.63) is 33.6 Å². The van der Waals surface area contributed by atoms with Gasteiger partial charge in [-0.2, -0.15) is 0 Å². The minimum Gasteiger partial charge on any atom is -0.273 e. The summed E-state index contributed by atoms with van der Waals surface area (Å²) in [5.74, 6) is 0. The van der Waals surface area contributed by atoms with Crippen LogP contribution < -0.4 is 5.56 Å². The van der Waals surface area contributed by atoms with Crippen LogP contribution in [-0.4, -0.2) is 22.9 Å². The van der Waals surface area contributed by atoms with E-state index in [0.29, 0.717) is 10.9 Å².